The van der Waals surface area contributed by atoms with Crippen molar-refractivity contribution in [3.05, 3.63) is 36.5 Å². The topological polar surface area (TPSA) is 75.6 Å². The molecule has 1 aliphatic rings. The summed E-state index contributed by atoms with van der Waals surface area (Å²) in [5, 5.41) is 0. The lowest BCUT2D eigenvalue weighted by molar-refractivity contribution is 0.235. The summed E-state index contributed by atoms with van der Waals surface area (Å²) in [5.41, 5.74) is 0.291. The van der Waals surface area contributed by atoms with Gasteiger partial charge in [0.05, 0.1) is 17.7 Å². The van der Waals surface area contributed by atoms with Gasteiger partial charge >= 0.3 is 5.76 Å². The van der Waals surface area contributed by atoms with Crippen LogP contribution in [0.4, 0.5) is 20.4 Å². The van der Waals surface area contributed by atoms with Crippen LogP contribution in [0.2, 0.25) is 0 Å². The number of ether oxygens (including phenoxy) is 1. The second-order valence-electron chi connectivity index (χ2n) is 5.65. The van der Waals surface area contributed by atoms with Gasteiger partial charge in [-0.3, -0.25) is 0 Å². The first kappa shape index (κ1) is 18.3. The number of hydrogen-bond acceptors (Lipinski definition) is 7. The normalized spacial score (nSPS) is 15.4. The molecule has 1 aromatic heterocycles. The molecule has 0 radical (unpaired) electrons. The number of rotatable bonds is 5. The van der Waals surface area contributed by atoms with E-state index in [-0.39, 0.29) is 4.90 Å². The van der Waals surface area contributed by atoms with Crippen molar-refractivity contribution in [1.82, 2.24) is 9.97 Å². The van der Waals surface area contributed by atoms with Gasteiger partial charge in [-0.25, -0.2) is 13.4 Å². The van der Waals surface area contributed by atoms with Crippen LogP contribution in [-0.4, -0.2) is 57.4 Å². The number of para-hydroxylation sites is 1. The standard InChI is InChI=1S/C16H18F2N4O3S/c1-25-14-6-7-19-16(20-14)22-10-8-21(9-11-22)12-4-2-3-5-13(12)26(23,24)15(17)18/h2-7,15H,8-11H2,1H3. The summed E-state index contributed by atoms with van der Waals surface area (Å²) in [5.74, 6) is -2.49. The molecule has 0 atom stereocenters. The van der Waals surface area contributed by atoms with Gasteiger partial charge in [-0.1, -0.05) is 12.1 Å². The third-order valence-electron chi connectivity index (χ3n) is 4.14. The molecule has 0 saturated carbocycles. The molecule has 0 N–H and O–H groups in total. The van der Waals surface area contributed by atoms with Gasteiger partial charge in [0.15, 0.2) is 0 Å². The molecule has 1 aliphatic heterocycles. The third-order valence-corrected chi connectivity index (χ3v) is 5.56. The lowest BCUT2D eigenvalue weighted by Gasteiger charge is -2.36. The van der Waals surface area contributed by atoms with Crippen molar-refractivity contribution in [1.29, 1.82) is 0 Å². The number of benzene rings is 1. The molecule has 2 heterocycles. The molecule has 26 heavy (non-hydrogen) atoms. The Hall–Kier alpha value is -2.49. The van der Waals surface area contributed by atoms with Gasteiger partial charge in [-0.15, -0.1) is 0 Å². The molecule has 7 nitrogen and oxygen atoms in total. The van der Waals surface area contributed by atoms with E-state index in [0.29, 0.717) is 43.7 Å². The Balaban J connectivity index is 1.79. The molecule has 0 unspecified atom stereocenters. The van der Waals surface area contributed by atoms with Crippen molar-refractivity contribution in [3.63, 3.8) is 0 Å². The van der Waals surface area contributed by atoms with Gasteiger partial charge in [0.25, 0.3) is 0 Å². The summed E-state index contributed by atoms with van der Waals surface area (Å²) in [7, 11) is -3.14. The Labute approximate surface area is 150 Å². The van der Waals surface area contributed by atoms with E-state index in [1.165, 1.54) is 19.2 Å². The first-order valence-electron chi connectivity index (χ1n) is 7.91. The van der Waals surface area contributed by atoms with E-state index in [4.69, 9.17) is 4.74 Å². The zero-order valence-corrected chi connectivity index (χ0v) is 14.9. The van der Waals surface area contributed by atoms with Crippen LogP contribution in [0.1, 0.15) is 0 Å². The molecule has 2 aromatic rings. The van der Waals surface area contributed by atoms with E-state index in [9.17, 15) is 17.2 Å². The molecule has 0 amide bonds. The van der Waals surface area contributed by atoms with Crippen LogP contribution in [0, 0.1) is 0 Å². The fourth-order valence-electron chi connectivity index (χ4n) is 2.80. The average molecular weight is 384 g/mol. The van der Waals surface area contributed by atoms with Crippen LogP contribution in [0.3, 0.4) is 0 Å². The minimum absolute atomic E-state index is 0.291. The maximum Gasteiger partial charge on any atom is 0.341 e. The number of piperazine rings is 1. The van der Waals surface area contributed by atoms with E-state index in [2.05, 4.69) is 9.97 Å². The summed E-state index contributed by atoms with van der Waals surface area (Å²) in [6.45, 7) is 1.96. The predicted molar refractivity (Wildman–Crippen MR) is 92.6 cm³/mol. The number of halogens is 2. The van der Waals surface area contributed by atoms with E-state index in [1.54, 1.807) is 29.3 Å². The number of sulfone groups is 1. The van der Waals surface area contributed by atoms with Crippen LogP contribution in [-0.2, 0) is 9.84 Å². The molecule has 1 saturated heterocycles. The Kier molecular flexibility index (Phi) is 5.21. The van der Waals surface area contributed by atoms with Gasteiger partial charge in [0, 0.05) is 38.4 Å². The molecule has 0 bridgehead atoms. The van der Waals surface area contributed by atoms with Gasteiger partial charge in [-0.2, -0.15) is 13.8 Å². The van der Waals surface area contributed by atoms with Crippen molar-refractivity contribution in [2.45, 2.75) is 10.7 Å². The van der Waals surface area contributed by atoms with Crippen LogP contribution < -0.4 is 14.5 Å². The van der Waals surface area contributed by atoms with Crippen LogP contribution >= 0.6 is 0 Å². The number of nitrogens with zero attached hydrogens (tertiary/aromatic N) is 4. The third kappa shape index (κ3) is 3.55. The van der Waals surface area contributed by atoms with Crippen molar-refractivity contribution in [2.75, 3.05) is 43.1 Å². The van der Waals surface area contributed by atoms with E-state index >= 15 is 0 Å². The molecular weight excluding hydrogens is 366 g/mol. The lowest BCUT2D eigenvalue weighted by Crippen LogP contribution is -2.47. The molecular formula is C16H18F2N4O3S. The lowest BCUT2D eigenvalue weighted by atomic mass is 10.2. The van der Waals surface area contributed by atoms with Crippen molar-refractivity contribution in [3.8, 4) is 5.88 Å². The average Bonchev–Trinajstić information content (AvgIpc) is 2.68. The summed E-state index contributed by atoms with van der Waals surface area (Å²) in [6, 6.07) is 7.49. The quantitative estimate of drug-likeness (QED) is 0.778. The molecule has 10 heteroatoms. The molecule has 0 aliphatic carbocycles. The Morgan fingerprint density at radius 3 is 2.38 bits per heavy atom. The second-order valence-corrected chi connectivity index (χ2v) is 7.53. The van der Waals surface area contributed by atoms with Gasteiger partial charge in [-0.05, 0) is 12.1 Å². The highest BCUT2D eigenvalue weighted by atomic mass is 32.2. The zero-order chi connectivity index (χ0) is 18.7. The first-order valence-corrected chi connectivity index (χ1v) is 9.46. The molecule has 0 spiro atoms. The van der Waals surface area contributed by atoms with Crippen LogP contribution in [0.5, 0.6) is 5.88 Å². The molecule has 3 rings (SSSR count). The van der Waals surface area contributed by atoms with E-state index < -0.39 is 15.6 Å². The molecule has 1 fully saturated rings. The molecule has 140 valence electrons. The Morgan fingerprint density at radius 2 is 1.73 bits per heavy atom. The largest absolute Gasteiger partial charge is 0.481 e. The monoisotopic (exact) mass is 384 g/mol. The van der Waals surface area contributed by atoms with Gasteiger partial charge in [0.2, 0.25) is 21.7 Å². The number of hydrogen-bond donors (Lipinski definition) is 0. The summed E-state index contributed by atoms with van der Waals surface area (Å²) >= 11 is 0. The van der Waals surface area contributed by atoms with Crippen molar-refractivity contribution < 1.29 is 21.9 Å². The maximum atomic E-state index is 13.0. The highest BCUT2D eigenvalue weighted by molar-refractivity contribution is 7.91. The highest BCUT2D eigenvalue weighted by Crippen LogP contribution is 2.30. The van der Waals surface area contributed by atoms with E-state index in [1.807, 2.05) is 4.90 Å². The smallest absolute Gasteiger partial charge is 0.341 e. The number of anilines is 2. The van der Waals surface area contributed by atoms with Gasteiger partial charge in [0.1, 0.15) is 0 Å². The van der Waals surface area contributed by atoms with Crippen LogP contribution in [0.25, 0.3) is 0 Å². The number of aromatic nitrogens is 2. The fourth-order valence-corrected chi connectivity index (χ4v) is 3.75. The second kappa shape index (κ2) is 7.40. The Bertz CT molecular complexity index is 871. The predicted octanol–water partition coefficient (Wildman–Crippen LogP) is 1.81. The van der Waals surface area contributed by atoms with E-state index in [0.717, 1.165) is 0 Å². The van der Waals surface area contributed by atoms with Crippen molar-refractivity contribution in [2.24, 2.45) is 0 Å². The summed E-state index contributed by atoms with van der Waals surface area (Å²) in [6.07, 6.45) is 1.60. The fraction of sp³-hybridized carbons (Fsp3) is 0.375. The molecule has 1 aromatic carbocycles. The number of methoxy groups -OCH3 is 1. The zero-order valence-electron chi connectivity index (χ0n) is 14.0. The SMILES string of the molecule is COc1ccnc(N2CCN(c3ccccc3S(=O)(=O)C(F)F)CC2)n1. The maximum absolute atomic E-state index is 13.0. The minimum Gasteiger partial charge on any atom is -0.481 e. The number of alkyl halides is 2. The first-order chi connectivity index (χ1) is 12.4. The van der Waals surface area contributed by atoms with Crippen molar-refractivity contribution >= 4 is 21.5 Å². The van der Waals surface area contributed by atoms with Gasteiger partial charge < -0.3 is 14.5 Å². The summed E-state index contributed by atoms with van der Waals surface area (Å²) in [4.78, 5) is 11.9. The van der Waals surface area contributed by atoms with Crippen LogP contribution in [0.15, 0.2) is 41.4 Å². The minimum atomic E-state index is -4.66. The summed E-state index contributed by atoms with van der Waals surface area (Å²) < 4.78 is 54.9. The Morgan fingerprint density at radius 1 is 1.08 bits per heavy atom. The highest BCUT2D eigenvalue weighted by Gasteiger charge is 2.31.